The van der Waals surface area contributed by atoms with Crippen LogP contribution in [0.15, 0.2) is 60.9 Å². The minimum absolute atomic E-state index is 0.114. The number of halogens is 1. The Labute approximate surface area is 173 Å². The first-order valence-corrected chi connectivity index (χ1v) is 9.44. The number of methoxy groups -OCH3 is 1. The lowest BCUT2D eigenvalue weighted by Gasteiger charge is -2.18. The van der Waals surface area contributed by atoms with Crippen LogP contribution < -0.4 is 15.0 Å². The number of aromatic nitrogens is 1. The van der Waals surface area contributed by atoms with E-state index in [0.717, 1.165) is 17.7 Å². The van der Waals surface area contributed by atoms with Gasteiger partial charge in [-0.15, -0.1) is 0 Å². The highest BCUT2D eigenvalue weighted by molar-refractivity contribution is 6.31. The number of carbonyl (C=O) groups is 2. The van der Waals surface area contributed by atoms with Crippen molar-refractivity contribution in [1.29, 1.82) is 0 Å². The van der Waals surface area contributed by atoms with Crippen molar-refractivity contribution in [2.75, 3.05) is 23.9 Å². The molecule has 0 bridgehead atoms. The van der Waals surface area contributed by atoms with Gasteiger partial charge in [-0.05, 0) is 54.4 Å². The average Bonchev–Trinajstić information content (AvgIpc) is 3.17. The summed E-state index contributed by atoms with van der Waals surface area (Å²) in [7, 11) is 1.50. The van der Waals surface area contributed by atoms with Crippen LogP contribution in [0.1, 0.15) is 26.3 Å². The molecule has 1 aromatic heterocycles. The van der Waals surface area contributed by atoms with Gasteiger partial charge in [-0.1, -0.05) is 17.7 Å². The molecule has 1 aliphatic heterocycles. The fraction of sp³-hybridized carbons (Fsp3) is 0.136. The number of rotatable bonds is 4. The summed E-state index contributed by atoms with van der Waals surface area (Å²) >= 11 is 6.02. The van der Waals surface area contributed by atoms with Crippen molar-refractivity contribution in [3.8, 4) is 5.75 Å². The molecule has 0 aliphatic carbocycles. The number of benzene rings is 2. The topological polar surface area (TPSA) is 71.5 Å². The molecule has 1 aliphatic rings. The summed E-state index contributed by atoms with van der Waals surface area (Å²) in [4.78, 5) is 31.3. The van der Waals surface area contributed by atoms with Crippen LogP contribution in [-0.4, -0.2) is 30.5 Å². The Hall–Kier alpha value is -3.38. The number of fused-ring (bicyclic) bond motifs is 1. The monoisotopic (exact) mass is 407 g/mol. The van der Waals surface area contributed by atoms with E-state index in [-0.39, 0.29) is 11.8 Å². The summed E-state index contributed by atoms with van der Waals surface area (Å²) < 4.78 is 5.25. The number of ether oxygens (including phenoxy) is 1. The predicted molar refractivity (Wildman–Crippen MR) is 112 cm³/mol. The molecule has 29 heavy (non-hydrogen) atoms. The molecule has 0 spiro atoms. The van der Waals surface area contributed by atoms with Crippen molar-refractivity contribution in [3.05, 3.63) is 82.6 Å². The van der Waals surface area contributed by atoms with Crippen molar-refractivity contribution >= 4 is 34.8 Å². The van der Waals surface area contributed by atoms with Gasteiger partial charge in [0.2, 0.25) is 0 Å². The van der Waals surface area contributed by atoms with E-state index >= 15 is 0 Å². The quantitative estimate of drug-likeness (QED) is 0.703. The van der Waals surface area contributed by atoms with E-state index in [1.54, 1.807) is 47.6 Å². The minimum Gasteiger partial charge on any atom is -0.496 e. The van der Waals surface area contributed by atoms with Crippen LogP contribution in [-0.2, 0) is 6.42 Å². The van der Waals surface area contributed by atoms with Crippen molar-refractivity contribution in [2.45, 2.75) is 6.42 Å². The second kappa shape index (κ2) is 7.93. The molecule has 0 radical (unpaired) electrons. The third-order valence-corrected chi connectivity index (χ3v) is 5.03. The maximum atomic E-state index is 12.9. The average molecular weight is 408 g/mol. The van der Waals surface area contributed by atoms with Crippen LogP contribution in [0.4, 0.5) is 11.4 Å². The molecule has 146 valence electrons. The number of nitrogens with zero attached hydrogens (tertiary/aromatic N) is 2. The lowest BCUT2D eigenvalue weighted by Crippen LogP contribution is -2.29. The van der Waals surface area contributed by atoms with E-state index in [9.17, 15) is 9.59 Å². The van der Waals surface area contributed by atoms with Gasteiger partial charge in [0, 0.05) is 35.3 Å². The summed E-state index contributed by atoms with van der Waals surface area (Å²) in [6.07, 6.45) is 3.95. The third kappa shape index (κ3) is 3.79. The van der Waals surface area contributed by atoms with Gasteiger partial charge in [-0.2, -0.15) is 0 Å². The number of hydrogen-bond acceptors (Lipinski definition) is 4. The van der Waals surface area contributed by atoms with E-state index in [1.165, 1.54) is 7.11 Å². The highest BCUT2D eigenvalue weighted by Gasteiger charge is 2.26. The van der Waals surface area contributed by atoms with E-state index in [0.29, 0.717) is 34.1 Å². The zero-order valence-corrected chi connectivity index (χ0v) is 16.4. The molecule has 2 heterocycles. The second-order valence-electron chi connectivity index (χ2n) is 6.59. The molecular weight excluding hydrogens is 390 g/mol. The molecule has 0 saturated carbocycles. The summed E-state index contributed by atoms with van der Waals surface area (Å²) in [6, 6.07) is 13.9. The zero-order valence-electron chi connectivity index (χ0n) is 15.7. The first-order chi connectivity index (χ1) is 14.1. The van der Waals surface area contributed by atoms with Crippen LogP contribution in [0, 0.1) is 0 Å². The van der Waals surface area contributed by atoms with Crippen LogP contribution in [0.2, 0.25) is 5.02 Å². The normalized spacial score (nSPS) is 12.4. The molecule has 3 aromatic rings. The van der Waals surface area contributed by atoms with Gasteiger partial charge in [0.1, 0.15) is 5.75 Å². The lowest BCUT2D eigenvalue weighted by atomic mass is 10.1. The van der Waals surface area contributed by atoms with E-state index < -0.39 is 0 Å². The Kier molecular flexibility index (Phi) is 5.18. The summed E-state index contributed by atoms with van der Waals surface area (Å²) in [6.45, 7) is 0.586. The van der Waals surface area contributed by atoms with Crippen molar-refractivity contribution in [2.24, 2.45) is 0 Å². The second-order valence-corrected chi connectivity index (χ2v) is 7.03. The Balaban J connectivity index is 1.60. The molecule has 2 amide bonds. The Morgan fingerprint density at radius 1 is 1.17 bits per heavy atom. The Morgan fingerprint density at radius 2 is 2.03 bits per heavy atom. The van der Waals surface area contributed by atoms with Gasteiger partial charge in [0.15, 0.2) is 0 Å². The minimum atomic E-state index is -0.340. The molecule has 0 atom stereocenters. The zero-order chi connectivity index (χ0) is 20.4. The predicted octanol–water partition coefficient (Wildman–Crippen LogP) is 4.20. The smallest absolute Gasteiger partial charge is 0.259 e. The number of anilines is 2. The summed E-state index contributed by atoms with van der Waals surface area (Å²) in [5.74, 6) is -0.0225. The molecule has 6 nitrogen and oxygen atoms in total. The fourth-order valence-electron chi connectivity index (χ4n) is 3.37. The largest absolute Gasteiger partial charge is 0.496 e. The molecular formula is C22H18ClN3O3. The number of amides is 2. The SMILES string of the molecule is COc1ccc(Cl)cc1C(=O)Nc1ccc2c(c1)N(C(=O)c1cccnc1)CC2. The first-order valence-electron chi connectivity index (χ1n) is 9.06. The maximum absolute atomic E-state index is 12.9. The van der Waals surface area contributed by atoms with Gasteiger partial charge < -0.3 is 15.0 Å². The number of hydrogen-bond donors (Lipinski definition) is 1. The van der Waals surface area contributed by atoms with Gasteiger partial charge in [-0.25, -0.2) is 0 Å². The molecule has 0 saturated heterocycles. The van der Waals surface area contributed by atoms with Crippen LogP contribution >= 0.6 is 11.6 Å². The lowest BCUT2D eigenvalue weighted by molar-refractivity contribution is 0.0987. The van der Waals surface area contributed by atoms with Gasteiger partial charge in [0.25, 0.3) is 11.8 Å². The highest BCUT2D eigenvalue weighted by atomic mass is 35.5. The van der Waals surface area contributed by atoms with Crippen LogP contribution in [0.5, 0.6) is 5.75 Å². The standard InChI is InChI=1S/C22H18ClN3O3/c1-29-20-7-5-16(23)11-18(20)21(27)25-17-6-4-14-8-10-26(19(14)12-17)22(28)15-3-2-9-24-13-15/h2-7,9,11-13H,8,10H2,1H3,(H,25,27). The van der Waals surface area contributed by atoms with Gasteiger partial charge in [-0.3, -0.25) is 14.6 Å². The van der Waals surface area contributed by atoms with E-state index in [4.69, 9.17) is 16.3 Å². The summed E-state index contributed by atoms with van der Waals surface area (Å²) in [5, 5.41) is 3.30. The maximum Gasteiger partial charge on any atom is 0.259 e. The van der Waals surface area contributed by atoms with E-state index in [2.05, 4.69) is 10.3 Å². The highest BCUT2D eigenvalue weighted by Crippen LogP contribution is 2.32. The van der Waals surface area contributed by atoms with E-state index in [1.807, 2.05) is 18.2 Å². The van der Waals surface area contributed by atoms with Crippen molar-refractivity contribution in [3.63, 3.8) is 0 Å². The summed E-state index contributed by atoms with van der Waals surface area (Å²) in [5.41, 5.74) is 3.29. The molecule has 7 heteroatoms. The number of carbonyl (C=O) groups excluding carboxylic acids is 2. The molecule has 1 N–H and O–H groups in total. The third-order valence-electron chi connectivity index (χ3n) is 4.80. The molecule has 4 rings (SSSR count). The molecule has 0 fully saturated rings. The Bertz CT molecular complexity index is 1090. The number of pyridine rings is 1. The molecule has 0 unspecified atom stereocenters. The van der Waals surface area contributed by atoms with Crippen LogP contribution in [0.25, 0.3) is 0 Å². The van der Waals surface area contributed by atoms with Gasteiger partial charge in [0.05, 0.1) is 18.2 Å². The van der Waals surface area contributed by atoms with Crippen molar-refractivity contribution < 1.29 is 14.3 Å². The Morgan fingerprint density at radius 3 is 2.79 bits per heavy atom. The first kappa shape index (κ1) is 19.0. The van der Waals surface area contributed by atoms with Crippen LogP contribution in [0.3, 0.4) is 0 Å². The van der Waals surface area contributed by atoms with Crippen molar-refractivity contribution in [1.82, 2.24) is 4.98 Å². The number of nitrogens with one attached hydrogen (secondary N) is 1. The van der Waals surface area contributed by atoms with Gasteiger partial charge >= 0.3 is 0 Å². The molecule has 2 aromatic carbocycles. The fourth-order valence-corrected chi connectivity index (χ4v) is 3.54.